The molecule has 27 heavy (non-hydrogen) atoms. The topological polar surface area (TPSA) is 61.1 Å². The number of aryl methyl sites for hydroxylation is 1. The molecule has 134 valence electrons. The van der Waals surface area contributed by atoms with Crippen LogP contribution in [0.15, 0.2) is 65.5 Å². The molecule has 0 unspecified atom stereocenters. The molecular formula is C22H18N2O3. The summed E-state index contributed by atoms with van der Waals surface area (Å²) in [5.74, 6) is 0. The lowest BCUT2D eigenvalue weighted by atomic mass is 10.0. The minimum Gasteiger partial charge on any atom is -0.303 e. The summed E-state index contributed by atoms with van der Waals surface area (Å²) in [5.41, 5.74) is 2.80. The van der Waals surface area contributed by atoms with Crippen molar-refractivity contribution in [2.75, 3.05) is 0 Å². The molecule has 0 spiro atoms. The maximum absolute atomic E-state index is 13.1. The summed E-state index contributed by atoms with van der Waals surface area (Å²) in [7, 11) is 0. The largest absolute Gasteiger partial charge is 0.329 e. The fourth-order valence-electron chi connectivity index (χ4n) is 3.56. The molecule has 0 amide bonds. The number of nitrogens with zero attached hydrogens (tertiary/aromatic N) is 2. The van der Waals surface area contributed by atoms with Crippen LogP contribution in [0.5, 0.6) is 0 Å². The summed E-state index contributed by atoms with van der Waals surface area (Å²) in [6, 6.07) is 19.3. The van der Waals surface area contributed by atoms with E-state index >= 15 is 0 Å². The number of hydrogen-bond donors (Lipinski definition) is 0. The zero-order chi connectivity index (χ0) is 18.8. The van der Waals surface area contributed by atoms with Crippen LogP contribution in [0.4, 0.5) is 0 Å². The molecular weight excluding hydrogens is 340 g/mol. The van der Waals surface area contributed by atoms with Crippen LogP contribution in [-0.2, 0) is 17.9 Å². The molecule has 0 atom stereocenters. The van der Waals surface area contributed by atoms with Crippen LogP contribution in [0.1, 0.15) is 22.3 Å². The number of fused-ring (bicyclic) bond motifs is 2. The Morgan fingerprint density at radius 1 is 0.852 bits per heavy atom. The lowest BCUT2D eigenvalue weighted by Gasteiger charge is -2.08. The van der Waals surface area contributed by atoms with E-state index in [1.807, 2.05) is 42.5 Å². The van der Waals surface area contributed by atoms with Crippen LogP contribution < -0.4 is 5.69 Å². The normalized spacial score (nSPS) is 11.1. The van der Waals surface area contributed by atoms with Crippen molar-refractivity contribution >= 4 is 34.4 Å². The lowest BCUT2D eigenvalue weighted by molar-refractivity contribution is -0.108. The monoisotopic (exact) mass is 358 g/mol. The van der Waals surface area contributed by atoms with Crippen LogP contribution in [0.2, 0.25) is 0 Å². The highest BCUT2D eigenvalue weighted by Crippen LogP contribution is 2.22. The molecule has 1 aromatic heterocycles. The highest BCUT2D eigenvalue weighted by atomic mass is 16.2. The zero-order valence-electron chi connectivity index (χ0n) is 14.7. The minimum absolute atomic E-state index is 0.178. The van der Waals surface area contributed by atoms with Gasteiger partial charge in [0.2, 0.25) is 0 Å². The average Bonchev–Trinajstić information content (AvgIpc) is 2.97. The van der Waals surface area contributed by atoms with E-state index in [0.29, 0.717) is 24.2 Å². The van der Waals surface area contributed by atoms with Crippen LogP contribution in [0.25, 0.3) is 21.8 Å². The van der Waals surface area contributed by atoms with E-state index in [4.69, 9.17) is 0 Å². The molecule has 5 heteroatoms. The highest BCUT2D eigenvalue weighted by Gasteiger charge is 2.14. The number of hydrogen-bond acceptors (Lipinski definition) is 3. The van der Waals surface area contributed by atoms with E-state index in [0.717, 1.165) is 34.4 Å². The summed E-state index contributed by atoms with van der Waals surface area (Å²) in [6.07, 6.45) is 1.80. The first-order valence-electron chi connectivity index (χ1n) is 8.81. The maximum atomic E-state index is 13.1. The first kappa shape index (κ1) is 17.0. The van der Waals surface area contributed by atoms with Gasteiger partial charge < -0.3 is 4.79 Å². The van der Waals surface area contributed by atoms with Gasteiger partial charge >= 0.3 is 5.69 Å². The second kappa shape index (κ2) is 7.03. The van der Waals surface area contributed by atoms with Crippen molar-refractivity contribution in [3.05, 3.63) is 82.3 Å². The Hall–Kier alpha value is -3.47. The third-order valence-electron chi connectivity index (χ3n) is 4.86. The van der Waals surface area contributed by atoms with Crippen LogP contribution in [0, 0.1) is 0 Å². The van der Waals surface area contributed by atoms with Crippen LogP contribution >= 0.6 is 0 Å². The van der Waals surface area contributed by atoms with Crippen molar-refractivity contribution in [3.8, 4) is 0 Å². The molecule has 0 N–H and O–H groups in total. The highest BCUT2D eigenvalue weighted by molar-refractivity contribution is 5.87. The Balaban J connectivity index is 1.90. The average molecular weight is 358 g/mol. The predicted molar refractivity (Wildman–Crippen MR) is 105 cm³/mol. The standard InChI is InChI=1S/C22H18N2O3/c25-12-4-11-23-21-13-16(15-26)9-10-20(21)24(22(23)27)14-18-7-3-6-17-5-1-2-8-19(17)18/h1-3,5-10,12-13,15H,4,11,14H2. The second-order valence-corrected chi connectivity index (χ2v) is 6.48. The molecule has 0 aliphatic carbocycles. The van der Waals surface area contributed by atoms with Crippen molar-refractivity contribution in [3.63, 3.8) is 0 Å². The van der Waals surface area contributed by atoms with Gasteiger partial charge in [0.1, 0.15) is 12.6 Å². The van der Waals surface area contributed by atoms with Gasteiger partial charge in [-0.1, -0.05) is 42.5 Å². The zero-order valence-corrected chi connectivity index (χ0v) is 14.7. The number of imidazole rings is 1. The lowest BCUT2D eigenvalue weighted by Crippen LogP contribution is -2.25. The minimum atomic E-state index is -0.178. The predicted octanol–water partition coefficient (Wildman–Crippen LogP) is 3.41. The maximum Gasteiger partial charge on any atom is 0.329 e. The van der Waals surface area contributed by atoms with Crippen molar-refractivity contribution in [1.29, 1.82) is 0 Å². The Morgan fingerprint density at radius 2 is 1.67 bits per heavy atom. The van der Waals surface area contributed by atoms with E-state index in [9.17, 15) is 14.4 Å². The molecule has 0 bridgehead atoms. The van der Waals surface area contributed by atoms with Crippen molar-refractivity contribution < 1.29 is 9.59 Å². The van der Waals surface area contributed by atoms with Gasteiger partial charge in [-0.15, -0.1) is 0 Å². The fourth-order valence-corrected chi connectivity index (χ4v) is 3.56. The Kier molecular flexibility index (Phi) is 4.42. The molecule has 4 aromatic rings. The smallest absolute Gasteiger partial charge is 0.303 e. The number of aromatic nitrogens is 2. The first-order valence-corrected chi connectivity index (χ1v) is 8.81. The van der Waals surface area contributed by atoms with Gasteiger partial charge in [-0.3, -0.25) is 13.9 Å². The molecule has 3 aromatic carbocycles. The molecule has 1 heterocycles. The van der Waals surface area contributed by atoms with Crippen molar-refractivity contribution in [2.45, 2.75) is 19.5 Å². The number of benzene rings is 3. The number of aldehydes is 2. The molecule has 0 radical (unpaired) electrons. The number of carbonyl (C=O) groups excluding carboxylic acids is 2. The molecule has 0 aliphatic heterocycles. The number of rotatable bonds is 6. The summed E-state index contributed by atoms with van der Waals surface area (Å²) >= 11 is 0. The third-order valence-corrected chi connectivity index (χ3v) is 4.86. The quantitative estimate of drug-likeness (QED) is 0.496. The van der Waals surface area contributed by atoms with Gasteiger partial charge in [0.15, 0.2) is 0 Å². The van der Waals surface area contributed by atoms with Crippen molar-refractivity contribution in [1.82, 2.24) is 9.13 Å². The summed E-state index contributed by atoms with van der Waals surface area (Å²) < 4.78 is 3.28. The SMILES string of the molecule is O=CCCn1c(=O)n(Cc2cccc3ccccc23)c2ccc(C=O)cc21. The third kappa shape index (κ3) is 2.97. The van der Waals surface area contributed by atoms with Gasteiger partial charge in [0.25, 0.3) is 0 Å². The summed E-state index contributed by atoms with van der Waals surface area (Å²) in [5, 5.41) is 2.22. The van der Waals surface area contributed by atoms with Crippen LogP contribution in [0.3, 0.4) is 0 Å². The second-order valence-electron chi connectivity index (χ2n) is 6.48. The Bertz CT molecular complexity index is 1210. The molecule has 4 rings (SSSR count). The van der Waals surface area contributed by atoms with E-state index in [2.05, 4.69) is 0 Å². The van der Waals surface area contributed by atoms with Gasteiger partial charge in [-0.05, 0) is 34.5 Å². The van der Waals surface area contributed by atoms with Gasteiger partial charge in [-0.25, -0.2) is 4.79 Å². The van der Waals surface area contributed by atoms with Gasteiger partial charge in [-0.2, -0.15) is 0 Å². The molecule has 0 aliphatic rings. The number of carbonyl (C=O) groups is 2. The van der Waals surface area contributed by atoms with E-state index in [-0.39, 0.29) is 12.1 Å². The Labute approximate surface area is 155 Å². The molecule has 0 saturated carbocycles. The Morgan fingerprint density at radius 3 is 2.48 bits per heavy atom. The molecule has 5 nitrogen and oxygen atoms in total. The summed E-state index contributed by atoms with van der Waals surface area (Å²) in [4.78, 5) is 35.0. The molecule has 0 saturated heterocycles. The van der Waals surface area contributed by atoms with E-state index in [1.54, 1.807) is 27.3 Å². The summed E-state index contributed by atoms with van der Waals surface area (Å²) in [6.45, 7) is 0.717. The van der Waals surface area contributed by atoms with Gasteiger partial charge in [0.05, 0.1) is 17.6 Å². The fraction of sp³-hybridized carbons (Fsp3) is 0.136. The van der Waals surface area contributed by atoms with E-state index in [1.165, 1.54) is 0 Å². The molecule has 0 fully saturated rings. The van der Waals surface area contributed by atoms with Crippen molar-refractivity contribution in [2.24, 2.45) is 0 Å². The van der Waals surface area contributed by atoms with E-state index < -0.39 is 0 Å². The first-order chi connectivity index (χ1) is 13.2. The van der Waals surface area contributed by atoms with Gasteiger partial charge in [0, 0.05) is 18.5 Å². The van der Waals surface area contributed by atoms with Crippen LogP contribution in [-0.4, -0.2) is 21.7 Å².